The number of amides is 4. The highest BCUT2D eigenvalue weighted by atomic mass is 16.2. The van der Waals surface area contributed by atoms with Crippen molar-refractivity contribution in [3.05, 3.63) is 34.9 Å². The van der Waals surface area contributed by atoms with Crippen LogP contribution in [-0.4, -0.2) is 34.6 Å². The first-order valence-electron chi connectivity index (χ1n) is 8.23. The molecule has 4 amide bonds. The van der Waals surface area contributed by atoms with Crippen LogP contribution >= 0.6 is 0 Å². The summed E-state index contributed by atoms with van der Waals surface area (Å²) in [7, 11) is 0. The van der Waals surface area contributed by atoms with Crippen molar-refractivity contribution in [2.24, 2.45) is 5.92 Å². The van der Waals surface area contributed by atoms with Gasteiger partial charge >= 0.3 is 0 Å². The van der Waals surface area contributed by atoms with Gasteiger partial charge in [0, 0.05) is 18.4 Å². The van der Waals surface area contributed by atoms with Crippen LogP contribution in [0.25, 0.3) is 0 Å². The van der Waals surface area contributed by atoms with E-state index < -0.39 is 23.8 Å². The Hall–Kier alpha value is -2.94. The summed E-state index contributed by atoms with van der Waals surface area (Å²) >= 11 is 0. The van der Waals surface area contributed by atoms with E-state index in [1.807, 2.05) is 0 Å². The summed E-state index contributed by atoms with van der Waals surface area (Å²) in [6, 6.07) is 3.92. The zero-order chi connectivity index (χ0) is 18.1. The number of nitrogens with one attached hydrogen (secondary N) is 1. The van der Waals surface area contributed by atoms with Crippen molar-refractivity contribution >= 4 is 23.6 Å². The van der Waals surface area contributed by atoms with Gasteiger partial charge < -0.3 is 0 Å². The van der Waals surface area contributed by atoms with Gasteiger partial charge in [0.25, 0.3) is 11.8 Å². The highest BCUT2D eigenvalue weighted by molar-refractivity contribution is 6.23. The molecule has 1 unspecified atom stereocenters. The summed E-state index contributed by atoms with van der Waals surface area (Å²) in [4.78, 5) is 49.4. The Labute approximate surface area is 145 Å². The van der Waals surface area contributed by atoms with Gasteiger partial charge in [-0.3, -0.25) is 29.4 Å². The number of piperidine rings is 1. The average molecular weight is 338 g/mol. The van der Waals surface area contributed by atoms with Gasteiger partial charge in [-0.2, -0.15) is 0 Å². The first kappa shape index (κ1) is 16.9. The monoisotopic (exact) mass is 338 g/mol. The predicted molar refractivity (Wildman–Crippen MR) is 89.4 cm³/mol. The molecule has 128 valence electrons. The van der Waals surface area contributed by atoms with Gasteiger partial charge in [-0.25, -0.2) is 0 Å². The largest absolute Gasteiger partial charge is 0.295 e. The maximum absolute atomic E-state index is 12.7. The van der Waals surface area contributed by atoms with E-state index in [4.69, 9.17) is 0 Å². The van der Waals surface area contributed by atoms with Crippen molar-refractivity contribution in [1.82, 2.24) is 10.2 Å². The fourth-order valence-corrected chi connectivity index (χ4v) is 2.91. The standard InChI is InChI=1S/C19H18N2O4/c1-11(2)4-3-5-12-6-7-13-14(10-12)19(25)21(18(13)24)15-8-9-16(22)20-17(15)23/h6-7,10-11,15H,4,8-9H2,1-2H3,(H,20,22,23). The van der Waals surface area contributed by atoms with Crippen molar-refractivity contribution in [2.45, 2.75) is 39.2 Å². The zero-order valence-electron chi connectivity index (χ0n) is 14.1. The minimum atomic E-state index is -0.944. The topological polar surface area (TPSA) is 83.6 Å². The summed E-state index contributed by atoms with van der Waals surface area (Å²) in [6.45, 7) is 4.13. The van der Waals surface area contributed by atoms with Crippen molar-refractivity contribution in [1.29, 1.82) is 0 Å². The Bertz CT molecular complexity index is 845. The molecule has 6 nitrogen and oxygen atoms in total. The molecule has 3 rings (SSSR count). The number of carbonyl (C=O) groups is 4. The molecule has 0 bridgehead atoms. The van der Waals surface area contributed by atoms with Crippen LogP contribution in [0.2, 0.25) is 0 Å². The molecule has 2 heterocycles. The van der Waals surface area contributed by atoms with Crippen LogP contribution in [0.3, 0.4) is 0 Å². The lowest BCUT2D eigenvalue weighted by molar-refractivity contribution is -0.136. The number of fused-ring (bicyclic) bond motifs is 1. The molecule has 1 N–H and O–H groups in total. The first-order valence-corrected chi connectivity index (χ1v) is 8.23. The molecular weight excluding hydrogens is 320 g/mol. The molecular formula is C19H18N2O4. The molecule has 2 aliphatic heterocycles. The van der Waals surface area contributed by atoms with E-state index in [2.05, 4.69) is 31.0 Å². The van der Waals surface area contributed by atoms with E-state index in [-0.39, 0.29) is 29.9 Å². The third-order valence-corrected chi connectivity index (χ3v) is 4.18. The lowest BCUT2D eigenvalue weighted by atomic mass is 10.0. The highest BCUT2D eigenvalue weighted by Gasteiger charge is 2.44. The molecule has 1 atom stereocenters. The second kappa shape index (κ2) is 6.52. The summed E-state index contributed by atoms with van der Waals surface area (Å²) in [5, 5.41) is 2.18. The van der Waals surface area contributed by atoms with Crippen LogP contribution in [0.4, 0.5) is 0 Å². The number of hydrogen-bond donors (Lipinski definition) is 1. The van der Waals surface area contributed by atoms with E-state index in [9.17, 15) is 19.2 Å². The van der Waals surface area contributed by atoms with Gasteiger partial charge in [0.2, 0.25) is 11.8 Å². The van der Waals surface area contributed by atoms with Crippen LogP contribution in [0.5, 0.6) is 0 Å². The number of rotatable bonds is 2. The van der Waals surface area contributed by atoms with Gasteiger partial charge in [0.15, 0.2) is 0 Å². The molecule has 25 heavy (non-hydrogen) atoms. The molecule has 1 aromatic carbocycles. The second-order valence-corrected chi connectivity index (χ2v) is 6.61. The van der Waals surface area contributed by atoms with Crippen molar-refractivity contribution in [3.63, 3.8) is 0 Å². The van der Waals surface area contributed by atoms with Crippen LogP contribution in [0.15, 0.2) is 18.2 Å². The second-order valence-electron chi connectivity index (χ2n) is 6.61. The Kier molecular flexibility index (Phi) is 4.41. The quantitative estimate of drug-likeness (QED) is 0.654. The van der Waals surface area contributed by atoms with E-state index in [0.717, 1.165) is 11.3 Å². The molecule has 0 radical (unpaired) electrons. The number of hydrogen-bond acceptors (Lipinski definition) is 4. The van der Waals surface area contributed by atoms with E-state index in [1.165, 1.54) is 0 Å². The van der Waals surface area contributed by atoms with E-state index in [1.54, 1.807) is 18.2 Å². The highest BCUT2D eigenvalue weighted by Crippen LogP contribution is 2.28. The number of benzene rings is 1. The summed E-state index contributed by atoms with van der Waals surface area (Å²) in [5.41, 5.74) is 1.18. The molecule has 6 heteroatoms. The van der Waals surface area contributed by atoms with Crippen LogP contribution in [0.1, 0.15) is 59.4 Å². The molecule has 0 aliphatic carbocycles. The van der Waals surface area contributed by atoms with Gasteiger partial charge in [0.05, 0.1) is 11.1 Å². The average Bonchev–Trinajstić information content (AvgIpc) is 2.79. The normalized spacial score (nSPS) is 19.6. The molecule has 2 aliphatic rings. The number of carbonyl (C=O) groups excluding carboxylic acids is 4. The summed E-state index contributed by atoms with van der Waals surface area (Å²) in [5.74, 6) is 4.48. The Morgan fingerprint density at radius 1 is 1.16 bits per heavy atom. The van der Waals surface area contributed by atoms with Crippen LogP contribution in [0, 0.1) is 17.8 Å². The SMILES string of the molecule is CC(C)CC#Cc1ccc2c(c1)C(=O)N(C1CCC(=O)NC1=O)C2=O. The molecule has 0 spiro atoms. The summed E-state index contributed by atoms with van der Waals surface area (Å²) in [6.07, 6.45) is 0.999. The minimum Gasteiger partial charge on any atom is -0.295 e. The Morgan fingerprint density at radius 2 is 1.88 bits per heavy atom. The molecule has 0 saturated carbocycles. The molecule has 1 saturated heterocycles. The van der Waals surface area contributed by atoms with Gasteiger partial charge in [-0.05, 0) is 30.5 Å². The molecule has 1 fully saturated rings. The fourth-order valence-electron chi connectivity index (χ4n) is 2.91. The molecule has 0 aromatic heterocycles. The van der Waals surface area contributed by atoms with Crippen molar-refractivity contribution < 1.29 is 19.2 Å². The molecule has 1 aromatic rings. The van der Waals surface area contributed by atoms with Gasteiger partial charge in [-0.15, -0.1) is 0 Å². The van der Waals surface area contributed by atoms with E-state index >= 15 is 0 Å². The fraction of sp³-hybridized carbons (Fsp3) is 0.368. The van der Waals surface area contributed by atoms with E-state index in [0.29, 0.717) is 11.5 Å². The Balaban J connectivity index is 1.87. The predicted octanol–water partition coefficient (Wildman–Crippen LogP) is 1.49. The third kappa shape index (κ3) is 3.18. The maximum Gasteiger partial charge on any atom is 0.262 e. The lowest BCUT2D eigenvalue weighted by Crippen LogP contribution is -2.54. The van der Waals surface area contributed by atoms with Crippen LogP contribution < -0.4 is 5.32 Å². The number of imide groups is 2. The Morgan fingerprint density at radius 3 is 2.56 bits per heavy atom. The third-order valence-electron chi connectivity index (χ3n) is 4.18. The van der Waals surface area contributed by atoms with Crippen molar-refractivity contribution in [2.75, 3.05) is 0 Å². The first-order chi connectivity index (χ1) is 11.9. The maximum atomic E-state index is 12.7. The lowest BCUT2D eigenvalue weighted by Gasteiger charge is -2.27. The smallest absolute Gasteiger partial charge is 0.262 e. The van der Waals surface area contributed by atoms with Crippen molar-refractivity contribution in [3.8, 4) is 11.8 Å². The van der Waals surface area contributed by atoms with Gasteiger partial charge in [0.1, 0.15) is 6.04 Å². The summed E-state index contributed by atoms with van der Waals surface area (Å²) < 4.78 is 0. The minimum absolute atomic E-state index is 0.107. The number of nitrogens with zero attached hydrogens (tertiary/aromatic N) is 1. The zero-order valence-corrected chi connectivity index (χ0v) is 14.1. The van der Waals surface area contributed by atoms with Crippen LogP contribution in [-0.2, 0) is 9.59 Å². The van der Waals surface area contributed by atoms with Gasteiger partial charge in [-0.1, -0.05) is 25.7 Å².